The highest BCUT2D eigenvalue weighted by atomic mass is 35.5. The van der Waals surface area contributed by atoms with Gasteiger partial charge in [0.25, 0.3) is 5.91 Å². The van der Waals surface area contributed by atoms with E-state index in [1.54, 1.807) is 6.07 Å². The minimum absolute atomic E-state index is 0.0750. The third-order valence-corrected chi connectivity index (χ3v) is 4.78. The van der Waals surface area contributed by atoms with Crippen molar-refractivity contribution in [1.82, 2.24) is 0 Å². The summed E-state index contributed by atoms with van der Waals surface area (Å²) < 4.78 is 0. The number of carbonyl (C=O) groups excluding carboxylic acids is 1. The van der Waals surface area contributed by atoms with Crippen molar-refractivity contribution in [3.05, 3.63) is 63.7 Å². The van der Waals surface area contributed by atoms with Gasteiger partial charge in [0, 0.05) is 16.2 Å². The van der Waals surface area contributed by atoms with E-state index in [9.17, 15) is 4.79 Å². The lowest BCUT2D eigenvalue weighted by molar-refractivity contribution is -0.110. The molecule has 0 aliphatic carbocycles. The zero-order valence-corrected chi connectivity index (χ0v) is 14.3. The molecule has 0 bridgehead atoms. The van der Waals surface area contributed by atoms with Crippen LogP contribution >= 0.6 is 20.2 Å². The minimum atomic E-state index is -0.0750. The topological polar surface area (TPSA) is 29.1 Å². The zero-order chi connectivity index (χ0) is 15.7. The first-order valence-corrected chi connectivity index (χ1v) is 9.24. The summed E-state index contributed by atoms with van der Waals surface area (Å²) in [4.78, 5) is 12.2. The molecule has 3 rings (SSSR count). The highest BCUT2D eigenvalue weighted by molar-refractivity contribution is 7.36. The van der Waals surface area contributed by atoms with E-state index in [2.05, 4.69) is 37.1 Å². The summed E-state index contributed by atoms with van der Waals surface area (Å²) in [5.41, 5.74) is 6.09. The molecule has 0 saturated heterocycles. The van der Waals surface area contributed by atoms with E-state index in [1.807, 2.05) is 18.2 Å². The molecule has 112 valence electrons. The Labute approximate surface area is 137 Å². The highest BCUT2D eigenvalue weighted by Gasteiger charge is 2.24. The molecule has 0 spiro atoms. The second-order valence-corrected chi connectivity index (χ2v) is 6.92. The van der Waals surface area contributed by atoms with Crippen molar-refractivity contribution in [1.29, 1.82) is 0 Å². The summed E-state index contributed by atoms with van der Waals surface area (Å²) in [5, 5.41) is 3.49. The number of carbonyl (C=O) groups is 1. The van der Waals surface area contributed by atoms with E-state index < -0.39 is 0 Å². The normalized spacial score (nSPS) is 15.6. The Morgan fingerprint density at radius 3 is 2.77 bits per heavy atom. The maximum absolute atomic E-state index is 12.2. The molecule has 1 unspecified atom stereocenters. The van der Waals surface area contributed by atoms with Crippen molar-refractivity contribution in [2.24, 2.45) is 0 Å². The molecular formula is C18H17ClNOP. The van der Waals surface area contributed by atoms with Gasteiger partial charge in [-0.15, -0.1) is 8.58 Å². The molecule has 0 saturated carbocycles. The van der Waals surface area contributed by atoms with Gasteiger partial charge in [0.2, 0.25) is 0 Å². The van der Waals surface area contributed by atoms with Crippen molar-refractivity contribution < 1.29 is 4.79 Å². The van der Waals surface area contributed by atoms with Crippen molar-refractivity contribution in [2.75, 3.05) is 12.0 Å². The average molecular weight is 330 g/mol. The van der Waals surface area contributed by atoms with Gasteiger partial charge in [-0.2, -0.15) is 0 Å². The molecule has 2 nitrogen and oxygen atoms in total. The summed E-state index contributed by atoms with van der Waals surface area (Å²) in [5.74, 6) is -0.0750. The third-order valence-electron chi connectivity index (χ3n) is 3.81. The smallest absolute Gasteiger partial charge is 0.256 e. The van der Waals surface area contributed by atoms with Gasteiger partial charge in [0.05, 0.1) is 5.69 Å². The standard InChI is InChI=1S/C18H17ClNOP/c1-11-7-12(3-4-13(11)10-22-2)8-16-15-6-5-14(19)9-17(15)20-18(16)21/h3-9,22H,10H2,1-2H3,(H,20,21)/b16-8+. The lowest BCUT2D eigenvalue weighted by Crippen LogP contribution is -2.03. The lowest BCUT2D eigenvalue weighted by atomic mass is 10.0. The molecule has 1 amide bonds. The molecule has 2 aromatic carbocycles. The van der Waals surface area contributed by atoms with Gasteiger partial charge in [-0.05, 0) is 54.6 Å². The van der Waals surface area contributed by atoms with Crippen molar-refractivity contribution in [2.45, 2.75) is 13.1 Å². The van der Waals surface area contributed by atoms with Crippen molar-refractivity contribution >= 4 is 43.4 Å². The molecule has 1 heterocycles. The number of anilines is 1. The first-order chi connectivity index (χ1) is 10.6. The molecule has 2 aromatic rings. The number of rotatable bonds is 3. The first-order valence-electron chi connectivity index (χ1n) is 7.15. The summed E-state index contributed by atoms with van der Waals surface area (Å²) >= 11 is 5.98. The van der Waals surface area contributed by atoms with Crippen LogP contribution in [0, 0.1) is 6.92 Å². The molecular weight excluding hydrogens is 313 g/mol. The molecule has 1 atom stereocenters. The molecule has 4 heteroatoms. The summed E-state index contributed by atoms with van der Waals surface area (Å²) in [6.45, 7) is 4.33. The summed E-state index contributed by atoms with van der Waals surface area (Å²) in [6, 6.07) is 11.9. The number of amides is 1. The van der Waals surface area contributed by atoms with Crippen molar-refractivity contribution in [3.63, 3.8) is 0 Å². The number of hydrogen-bond donors (Lipinski definition) is 1. The Morgan fingerprint density at radius 1 is 1.23 bits per heavy atom. The minimum Gasteiger partial charge on any atom is -0.321 e. The molecule has 0 fully saturated rings. The Kier molecular flexibility index (Phi) is 4.33. The van der Waals surface area contributed by atoms with Gasteiger partial charge in [0.15, 0.2) is 0 Å². The fourth-order valence-corrected chi connectivity index (χ4v) is 3.62. The monoisotopic (exact) mass is 329 g/mol. The van der Waals surface area contributed by atoms with E-state index >= 15 is 0 Å². The van der Waals surface area contributed by atoms with Crippen LogP contribution in [-0.4, -0.2) is 12.6 Å². The Balaban J connectivity index is 1.99. The summed E-state index contributed by atoms with van der Waals surface area (Å²) in [7, 11) is 0.913. The molecule has 1 aliphatic rings. The predicted octanol–water partition coefficient (Wildman–Crippen LogP) is 4.95. The molecule has 0 aromatic heterocycles. The molecule has 22 heavy (non-hydrogen) atoms. The van der Waals surface area contributed by atoms with E-state index in [-0.39, 0.29) is 5.91 Å². The lowest BCUT2D eigenvalue weighted by Gasteiger charge is -2.06. The number of nitrogens with one attached hydrogen (secondary N) is 1. The molecule has 0 radical (unpaired) electrons. The van der Waals surface area contributed by atoms with E-state index in [1.165, 1.54) is 11.1 Å². The van der Waals surface area contributed by atoms with Crippen LogP contribution in [0.2, 0.25) is 5.02 Å². The fraction of sp³-hybridized carbons (Fsp3) is 0.167. The van der Waals surface area contributed by atoms with Gasteiger partial charge in [-0.3, -0.25) is 4.79 Å². The highest BCUT2D eigenvalue weighted by Crippen LogP contribution is 2.35. The SMILES string of the molecule is CPCc1ccc(/C=C2/C(=O)Nc3cc(Cl)ccc32)cc1C. The van der Waals surface area contributed by atoms with Crippen LogP contribution < -0.4 is 5.32 Å². The second kappa shape index (κ2) is 6.24. The van der Waals surface area contributed by atoms with Crippen LogP contribution in [0.5, 0.6) is 0 Å². The second-order valence-electron chi connectivity index (χ2n) is 5.42. The number of benzene rings is 2. The van der Waals surface area contributed by atoms with Crippen LogP contribution in [0.4, 0.5) is 5.69 Å². The zero-order valence-electron chi connectivity index (χ0n) is 12.5. The maximum Gasteiger partial charge on any atom is 0.256 e. The first kappa shape index (κ1) is 15.3. The van der Waals surface area contributed by atoms with Gasteiger partial charge in [0.1, 0.15) is 0 Å². The fourth-order valence-electron chi connectivity index (χ4n) is 2.67. The Morgan fingerprint density at radius 2 is 2.05 bits per heavy atom. The number of halogens is 1. The van der Waals surface area contributed by atoms with Gasteiger partial charge in [-0.1, -0.05) is 35.9 Å². The molecule has 1 aliphatic heterocycles. The number of fused-ring (bicyclic) bond motifs is 1. The molecule has 1 N–H and O–H groups in total. The number of hydrogen-bond acceptors (Lipinski definition) is 1. The van der Waals surface area contributed by atoms with Crippen LogP contribution in [-0.2, 0) is 11.0 Å². The quantitative estimate of drug-likeness (QED) is 0.626. The third kappa shape index (κ3) is 2.95. The largest absolute Gasteiger partial charge is 0.321 e. The summed E-state index contributed by atoms with van der Waals surface area (Å²) in [6.07, 6.45) is 3.06. The van der Waals surface area contributed by atoms with E-state index in [0.29, 0.717) is 10.6 Å². The van der Waals surface area contributed by atoms with Crippen molar-refractivity contribution in [3.8, 4) is 0 Å². The van der Waals surface area contributed by atoms with E-state index in [0.717, 1.165) is 31.6 Å². The van der Waals surface area contributed by atoms with Gasteiger partial charge in [-0.25, -0.2) is 0 Å². The van der Waals surface area contributed by atoms with Crippen LogP contribution in [0.25, 0.3) is 11.6 Å². The van der Waals surface area contributed by atoms with Crippen LogP contribution in [0.1, 0.15) is 22.3 Å². The van der Waals surface area contributed by atoms with Gasteiger partial charge >= 0.3 is 0 Å². The number of aryl methyl sites for hydroxylation is 1. The van der Waals surface area contributed by atoms with Gasteiger partial charge < -0.3 is 5.32 Å². The van der Waals surface area contributed by atoms with Crippen LogP contribution in [0.3, 0.4) is 0 Å². The average Bonchev–Trinajstić information content (AvgIpc) is 2.77. The Bertz CT molecular complexity index is 783. The van der Waals surface area contributed by atoms with E-state index in [4.69, 9.17) is 11.6 Å². The predicted molar refractivity (Wildman–Crippen MR) is 97.1 cm³/mol. The maximum atomic E-state index is 12.2. The Hall–Kier alpha value is -1.63. The van der Waals surface area contributed by atoms with Crippen LogP contribution in [0.15, 0.2) is 36.4 Å².